The third-order valence-electron chi connectivity index (χ3n) is 6.21. The lowest BCUT2D eigenvalue weighted by atomic mass is 10.0. The van der Waals surface area contributed by atoms with Crippen molar-refractivity contribution in [3.05, 3.63) is 113 Å². The lowest BCUT2D eigenvalue weighted by Crippen LogP contribution is -2.00. The number of benzene rings is 4. The smallest absolute Gasteiger partial charge is 0.201 e. The van der Waals surface area contributed by atoms with Crippen molar-refractivity contribution in [1.82, 2.24) is 0 Å². The van der Waals surface area contributed by atoms with Gasteiger partial charge >= 0.3 is 0 Å². The molecule has 178 valence electrons. The lowest BCUT2D eigenvalue weighted by Gasteiger charge is -2.12. The Labute approximate surface area is 203 Å². The van der Waals surface area contributed by atoms with E-state index < -0.39 is 11.6 Å². The second-order valence-corrected chi connectivity index (χ2v) is 8.73. The highest BCUT2D eigenvalue weighted by Gasteiger charge is 2.25. The first-order valence-electron chi connectivity index (χ1n) is 11.7. The van der Waals surface area contributed by atoms with E-state index in [9.17, 15) is 13.2 Å². The summed E-state index contributed by atoms with van der Waals surface area (Å²) < 4.78 is 54.8. The van der Waals surface area contributed by atoms with Crippen molar-refractivity contribution in [3.63, 3.8) is 0 Å². The van der Waals surface area contributed by atoms with E-state index in [-0.39, 0.29) is 29.8 Å². The van der Waals surface area contributed by atoms with E-state index in [2.05, 4.69) is 6.92 Å². The molecule has 0 aliphatic carbocycles. The maximum atomic E-state index is 14.8. The Kier molecular flexibility index (Phi) is 6.60. The van der Waals surface area contributed by atoms with Crippen LogP contribution in [-0.4, -0.2) is 6.61 Å². The number of halogens is 3. The molecule has 1 saturated heterocycles. The van der Waals surface area contributed by atoms with Gasteiger partial charge in [-0.15, -0.1) is 0 Å². The second kappa shape index (κ2) is 9.96. The van der Waals surface area contributed by atoms with Crippen LogP contribution in [0.1, 0.15) is 36.1 Å². The van der Waals surface area contributed by atoms with Gasteiger partial charge in [0.1, 0.15) is 18.5 Å². The third-order valence-corrected chi connectivity index (χ3v) is 6.21. The second-order valence-electron chi connectivity index (χ2n) is 8.73. The van der Waals surface area contributed by atoms with Crippen molar-refractivity contribution in [2.75, 3.05) is 6.61 Å². The highest BCUT2D eigenvalue weighted by molar-refractivity contribution is 5.66. The largest absolute Gasteiger partial charge is 0.486 e. The molecule has 0 aromatic heterocycles. The highest BCUT2D eigenvalue weighted by Crippen LogP contribution is 2.33. The maximum Gasteiger partial charge on any atom is 0.201 e. The van der Waals surface area contributed by atoms with E-state index in [4.69, 9.17) is 9.47 Å². The molecule has 4 aromatic rings. The van der Waals surface area contributed by atoms with E-state index in [1.165, 1.54) is 18.2 Å². The molecule has 35 heavy (non-hydrogen) atoms. The molecule has 1 heterocycles. The van der Waals surface area contributed by atoms with Crippen molar-refractivity contribution >= 4 is 0 Å². The van der Waals surface area contributed by atoms with Crippen LogP contribution in [0.25, 0.3) is 22.3 Å². The Bertz CT molecular complexity index is 1330. The van der Waals surface area contributed by atoms with E-state index in [0.717, 1.165) is 35.1 Å². The summed E-state index contributed by atoms with van der Waals surface area (Å²) in [4.78, 5) is 0. The molecule has 2 nitrogen and oxygen atoms in total. The van der Waals surface area contributed by atoms with Crippen LogP contribution in [0.15, 0.2) is 78.9 Å². The van der Waals surface area contributed by atoms with Crippen LogP contribution in [0.5, 0.6) is 5.75 Å². The van der Waals surface area contributed by atoms with Gasteiger partial charge in [-0.1, -0.05) is 74.0 Å². The van der Waals surface area contributed by atoms with Gasteiger partial charge in [-0.05, 0) is 52.4 Å². The van der Waals surface area contributed by atoms with Gasteiger partial charge in [0.15, 0.2) is 11.6 Å². The van der Waals surface area contributed by atoms with E-state index >= 15 is 0 Å². The Morgan fingerprint density at radius 1 is 0.771 bits per heavy atom. The summed E-state index contributed by atoms with van der Waals surface area (Å²) >= 11 is 0. The quantitative estimate of drug-likeness (QED) is 0.241. The minimum atomic E-state index is -1.02. The van der Waals surface area contributed by atoms with Crippen molar-refractivity contribution < 1.29 is 22.6 Å². The molecule has 1 aliphatic heterocycles. The van der Waals surface area contributed by atoms with Crippen LogP contribution in [0.3, 0.4) is 0 Å². The zero-order chi connectivity index (χ0) is 24.4. The Morgan fingerprint density at radius 3 is 2.03 bits per heavy atom. The molecule has 4 aromatic carbocycles. The molecule has 1 unspecified atom stereocenters. The van der Waals surface area contributed by atoms with Gasteiger partial charge in [0.05, 0.1) is 6.61 Å². The lowest BCUT2D eigenvalue weighted by molar-refractivity contribution is 0.285. The number of hydrogen-bond donors (Lipinski definition) is 0. The van der Waals surface area contributed by atoms with Crippen molar-refractivity contribution in [2.24, 2.45) is 0 Å². The predicted octanol–water partition coefficient (Wildman–Crippen LogP) is 8.04. The summed E-state index contributed by atoms with van der Waals surface area (Å²) in [5.41, 5.74) is 4.79. The van der Waals surface area contributed by atoms with E-state index in [1.807, 2.05) is 18.2 Å². The molecular formula is C30H25F3O2. The first-order chi connectivity index (χ1) is 17.0. The van der Waals surface area contributed by atoms with Gasteiger partial charge in [0, 0.05) is 11.1 Å². The van der Waals surface area contributed by atoms with Crippen LogP contribution < -0.4 is 4.74 Å². The minimum absolute atomic E-state index is 0.00344. The topological polar surface area (TPSA) is 21.8 Å². The number of aryl methyl sites for hydroxylation is 1. The molecule has 0 N–H and O–H groups in total. The Morgan fingerprint density at radius 2 is 1.40 bits per heavy atom. The van der Waals surface area contributed by atoms with Crippen molar-refractivity contribution in [2.45, 2.75) is 32.5 Å². The minimum Gasteiger partial charge on any atom is -0.486 e. The van der Waals surface area contributed by atoms with Crippen LogP contribution in [0.2, 0.25) is 0 Å². The number of hydrogen-bond acceptors (Lipinski definition) is 2. The SMILES string of the molecule is CCCc1ccc(-c2ccc(OCc3ccc(-c4ccc(C5CO5)cc4F)cc3)c(F)c2F)cc1. The van der Waals surface area contributed by atoms with Crippen molar-refractivity contribution in [1.29, 1.82) is 0 Å². The molecule has 1 atom stereocenters. The predicted molar refractivity (Wildman–Crippen MR) is 131 cm³/mol. The number of ether oxygens (including phenoxy) is 2. The number of epoxide rings is 1. The molecule has 0 bridgehead atoms. The summed E-state index contributed by atoms with van der Waals surface area (Å²) in [6.07, 6.45) is 1.97. The fourth-order valence-electron chi connectivity index (χ4n) is 4.15. The monoisotopic (exact) mass is 474 g/mol. The molecule has 5 rings (SSSR count). The summed E-state index contributed by atoms with van der Waals surface area (Å²) in [5.74, 6) is -2.41. The summed E-state index contributed by atoms with van der Waals surface area (Å²) in [6, 6.07) is 22.7. The molecule has 0 spiro atoms. The van der Waals surface area contributed by atoms with Crippen LogP contribution in [-0.2, 0) is 17.8 Å². The average molecular weight is 475 g/mol. The zero-order valence-electron chi connectivity index (χ0n) is 19.4. The van der Waals surface area contributed by atoms with E-state index in [0.29, 0.717) is 17.7 Å². The van der Waals surface area contributed by atoms with Gasteiger partial charge in [-0.3, -0.25) is 0 Å². The fraction of sp³-hybridized carbons (Fsp3) is 0.200. The summed E-state index contributed by atoms with van der Waals surface area (Å²) in [7, 11) is 0. The van der Waals surface area contributed by atoms with Crippen LogP contribution in [0, 0.1) is 17.5 Å². The Balaban J connectivity index is 1.26. The zero-order valence-corrected chi connectivity index (χ0v) is 19.4. The first kappa shape index (κ1) is 23.2. The van der Waals surface area contributed by atoms with Gasteiger partial charge in [-0.25, -0.2) is 8.78 Å². The van der Waals surface area contributed by atoms with Gasteiger partial charge in [0.2, 0.25) is 5.82 Å². The molecule has 5 heteroatoms. The standard InChI is InChI=1S/C30H25F3O2/c1-2-3-19-4-8-22(9-5-19)25-14-15-27(30(33)29(25)32)34-17-20-6-10-21(11-7-20)24-13-12-23(16-26(24)31)28-18-35-28/h4-16,28H,2-3,17-18H2,1H3. The van der Waals surface area contributed by atoms with Crippen LogP contribution in [0.4, 0.5) is 13.2 Å². The molecule has 0 saturated carbocycles. The average Bonchev–Trinajstić information content (AvgIpc) is 3.72. The first-order valence-corrected chi connectivity index (χ1v) is 11.7. The Hall–Kier alpha value is -3.57. The molecular weight excluding hydrogens is 449 g/mol. The number of rotatable bonds is 8. The van der Waals surface area contributed by atoms with Gasteiger partial charge in [-0.2, -0.15) is 4.39 Å². The molecule has 0 radical (unpaired) electrons. The van der Waals surface area contributed by atoms with E-state index in [1.54, 1.807) is 42.5 Å². The molecule has 1 fully saturated rings. The fourth-order valence-corrected chi connectivity index (χ4v) is 4.15. The van der Waals surface area contributed by atoms with Crippen molar-refractivity contribution in [3.8, 4) is 28.0 Å². The highest BCUT2D eigenvalue weighted by atomic mass is 19.2. The molecule has 0 amide bonds. The van der Waals surface area contributed by atoms with Gasteiger partial charge < -0.3 is 9.47 Å². The third kappa shape index (κ3) is 5.10. The molecule has 1 aliphatic rings. The summed E-state index contributed by atoms with van der Waals surface area (Å²) in [5, 5.41) is 0. The van der Waals surface area contributed by atoms with Gasteiger partial charge in [0.25, 0.3) is 0 Å². The maximum absolute atomic E-state index is 14.8. The normalized spacial score (nSPS) is 14.7. The van der Waals surface area contributed by atoms with Crippen LogP contribution >= 0.6 is 0 Å². The summed E-state index contributed by atoms with van der Waals surface area (Å²) in [6.45, 7) is 2.79.